The summed E-state index contributed by atoms with van der Waals surface area (Å²) < 4.78 is 10.2. The Kier molecular flexibility index (Phi) is 7.98. The van der Waals surface area contributed by atoms with E-state index in [1.54, 1.807) is 44.2 Å². The molecule has 0 aliphatic rings. The van der Waals surface area contributed by atoms with Gasteiger partial charge in [-0.3, -0.25) is 9.59 Å². The Balaban J connectivity index is 1.93. The van der Waals surface area contributed by atoms with Crippen molar-refractivity contribution < 1.29 is 23.9 Å². The van der Waals surface area contributed by atoms with Crippen LogP contribution >= 0.6 is 0 Å². The third-order valence-electron chi connectivity index (χ3n) is 4.70. The maximum Gasteiger partial charge on any atom is 0.329 e. The summed E-state index contributed by atoms with van der Waals surface area (Å²) in [6.45, 7) is 7.07. The van der Waals surface area contributed by atoms with Crippen molar-refractivity contribution in [1.82, 2.24) is 5.32 Å². The maximum atomic E-state index is 12.5. The topological polar surface area (TPSA) is 93.7 Å². The maximum absolute atomic E-state index is 12.5. The van der Waals surface area contributed by atoms with Gasteiger partial charge in [0.2, 0.25) is 0 Å². The van der Waals surface area contributed by atoms with E-state index < -0.39 is 30.4 Å². The molecule has 0 aliphatic carbocycles. The summed E-state index contributed by atoms with van der Waals surface area (Å²) >= 11 is 0. The highest BCUT2D eigenvalue weighted by Gasteiger charge is 2.26. The van der Waals surface area contributed by atoms with Crippen LogP contribution < -0.4 is 15.4 Å². The van der Waals surface area contributed by atoms with E-state index in [4.69, 9.17) is 9.47 Å². The van der Waals surface area contributed by atoms with E-state index in [-0.39, 0.29) is 5.92 Å². The zero-order chi connectivity index (χ0) is 22.3. The summed E-state index contributed by atoms with van der Waals surface area (Å²) in [5.41, 5.74) is 3.19. The van der Waals surface area contributed by atoms with E-state index in [1.165, 1.54) is 7.11 Å². The van der Waals surface area contributed by atoms with E-state index >= 15 is 0 Å². The molecule has 0 spiro atoms. The highest BCUT2D eigenvalue weighted by atomic mass is 16.5. The van der Waals surface area contributed by atoms with Gasteiger partial charge in [0.15, 0.2) is 6.61 Å². The van der Waals surface area contributed by atoms with Gasteiger partial charge in [0.05, 0.1) is 7.11 Å². The van der Waals surface area contributed by atoms with Crippen molar-refractivity contribution in [2.75, 3.05) is 19.0 Å². The minimum Gasteiger partial charge on any atom is -0.497 e. The molecule has 0 heterocycles. The van der Waals surface area contributed by atoms with E-state index in [2.05, 4.69) is 10.6 Å². The predicted octanol–water partition coefficient (Wildman–Crippen LogP) is 3.25. The SMILES string of the molecule is COc1ccc(C(=O)N[C@H](C(=O)OCC(=O)Nc2ccc(C)c(C)c2)C(C)C)cc1. The predicted molar refractivity (Wildman–Crippen MR) is 115 cm³/mol. The second-order valence-electron chi connectivity index (χ2n) is 7.38. The molecule has 0 aromatic heterocycles. The molecule has 0 saturated carbocycles. The van der Waals surface area contributed by atoms with Gasteiger partial charge in [-0.25, -0.2) is 4.79 Å². The molecule has 2 N–H and O–H groups in total. The first-order valence-electron chi connectivity index (χ1n) is 9.70. The zero-order valence-electron chi connectivity index (χ0n) is 17.9. The number of anilines is 1. The van der Waals surface area contributed by atoms with Crippen LogP contribution in [-0.2, 0) is 14.3 Å². The number of methoxy groups -OCH3 is 1. The quantitative estimate of drug-likeness (QED) is 0.649. The van der Waals surface area contributed by atoms with E-state index in [1.807, 2.05) is 26.0 Å². The van der Waals surface area contributed by atoms with Crippen LogP contribution in [-0.4, -0.2) is 37.5 Å². The van der Waals surface area contributed by atoms with Crippen molar-refractivity contribution in [1.29, 1.82) is 0 Å². The zero-order valence-corrected chi connectivity index (χ0v) is 17.9. The van der Waals surface area contributed by atoms with Crippen LogP contribution in [0.25, 0.3) is 0 Å². The van der Waals surface area contributed by atoms with Crippen LogP contribution in [0, 0.1) is 19.8 Å². The van der Waals surface area contributed by atoms with Gasteiger partial charge in [0.25, 0.3) is 11.8 Å². The van der Waals surface area contributed by atoms with Crippen molar-refractivity contribution in [2.45, 2.75) is 33.7 Å². The van der Waals surface area contributed by atoms with E-state index in [0.29, 0.717) is 17.0 Å². The van der Waals surface area contributed by atoms with Crippen molar-refractivity contribution in [3.05, 3.63) is 59.2 Å². The van der Waals surface area contributed by atoms with Gasteiger partial charge < -0.3 is 20.1 Å². The van der Waals surface area contributed by atoms with E-state index in [0.717, 1.165) is 11.1 Å². The molecule has 2 aromatic rings. The van der Waals surface area contributed by atoms with Crippen molar-refractivity contribution >= 4 is 23.5 Å². The van der Waals surface area contributed by atoms with Crippen LogP contribution in [0.4, 0.5) is 5.69 Å². The van der Waals surface area contributed by atoms with Gasteiger partial charge in [0, 0.05) is 11.3 Å². The average molecular weight is 412 g/mol. The van der Waals surface area contributed by atoms with Gasteiger partial charge in [-0.15, -0.1) is 0 Å². The number of aryl methyl sites for hydroxylation is 2. The molecule has 7 nitrogen and oxygen atoms in total. The van der Waals surface area contributed by atoms with Crippen LogP contribution in [0.15, 0.2) is 42.5 Å². The fourth-order valence-corrected chi connectivity index (χ4v) is 2.71. The van der Waals surface area contributed by atoms with Gasteiger partial charge in [-0.1, -0.05) is 19.9 Å². The van der Waals surface area contributed by atoms with Crippen molar-refractivity contribution in [2.24, 2.45) is 5.92 Å². The number of carbonyl (C=O) groups is 3. The molecule has 2 amide bonds. The molecule has 160 valence electrons. The third-order valence-corrected chi connectivity index (χ3v) is 4.70. The Morgan fingerprint density at radius 3 is 2.20 bits per heavy atom. The summed E-state index contributed by atoms with van der Waals surface area (Å²) in [4.78, 5) is 37.1. The third kappa shape index (κ3) is 6.34. The Morgan fingerprint density at radius 1 is 0.967 bits per heavy atom. The highest BCUT2D eigenvalue weighted by molar-refractivity contribution is 5.97. The number of ether oxygens (including phenoxy) is 2. The first kappa shape index (κ1) is 22.9. The highest BCUT2D eigenvalue weighted by Crippen LogP contribution is 2.15. The molecule has 0 bridgehead atoms. The van der Waals surface area contributed by atoms with Crippen molar-refractivity contribution in [3.8, 4) is 5.75 Å². The standard InChI is InChI=1S/C23H28N2O5/c1-14(2)21(25-22(27)17-7-10-19(29-5)11-8-17)23(28)30-13-20(26)24-18-9-6-15(3)16(4)12-18/h6-12,14,21H,13H2,1-5H3,(H,24,26)(H,25,27)/t21-/m0/s1. The smallest absolute Gasteiger partial charge is 0.329 e. The first-order chi connectivity index (χ1) is 14.2. The molecule has 30 heavy (non-hydrogen) atoms. The normalized spacial score (nSPS) is 11.5. The summed E-state index contributed by atoms with van der Waals surface area (Å²) in [7, 11) is 1.54. The van der Waals surface area contributed by atoms with Crippen molar-refractivity contribution in [3.63, 3.8) is 0 Å². The lowest BCUT2D eigenvalue weighted by atomic mass is 10.0. The number of hydrogen-bond donors (Lipinski definition) is 2. The summed E-state index contributed by atoms with van der Waals surface area (Å²) in [6, 6.07) is 11.2. The average Bonchev–Trinajstić information content (AvgIpc) is 2.72. The number of rotatable bonds is 8. The Morgan fingerprint density at radius 2 is 1.63 bits per heavy atom. The number of carbonyl (C=O) groups excluding carboxylic acids is 3. The molecule has 0 radical (unpaired) electrons. The number of benzene rings is 2. The number of amides is 2. The molecular weight excluding hydrogens is 384 g/mol. The summed E-state index contributed by atoms with van der Waals surface area (Å²) in [5.74, 6) is -1.12. The minimum absolute atomic E-state index is 0.220. The fourth-order valence-electron chi connectivity index (χ4n) is 2.71. The largest absolute Gasteiger partial charge is 0.497 e. The van der Waals surface area contributed by atoms with Gasteiger partial charge >= 0.3 is 5.97 Å². The Labute approximate surface area is 176 Å². The van der Waals surface area contributed by atoms with Gasteiger partial charge in [0.1, 0.15) is 11.8 Å². The molecule has 2 rings (SSSR count). The molecule has 7 heteroatoms. The Bertz CT molecular complexity index is 906. The minimum atomic E-state index is -0.881. The molecule has 0 saturated heterocycles. The van der Waals surface area contributed by atoms with Gasteiger partial charge in [-0.05, 0) is 67.3 Å². The Hall–Kier alpha value is -3.35. The molecule has 1 atom stereocenters. The monoisotopic (exact) mass is 412 g/mol. The molecule has 2 aromatic carbocycles. The van der Waals surface area contributed by atoms with Gasteiger partial charge in [-0.2, -0.15) is 0 Å². The van der Waals surface area contributed by atoms with Crippen LogP contribution in [0.5, 0.6) is 5.75 Å². The number of hydrogen-bond acceptors (Lipinski definition) is 5. The molecular formula is C23H28N2O5. The second-order valence-corrected chi connectivity index (χ2v) is 7.38. The van der Waals surface area contributed by atoms with Crippen LogP contribution in [0.1, 0.15) is 35.3 Å². The van der Waals surface area contributed by atoms with Crippen LogP contribution in [0.3, 0.4) is 0 Å². The van der Waals surface area contributed by atoms with E-state index in [9.17, 15) is 14.4 Å². The summed E-state index contributed by atoms with van der Waals surface area (Å²) in [5, 5.41) is 5.37. The lowest BCUT2D eigenvalue weighted by Gasteiger charge is -2.21. The molecule has 0 aliphatic heterocycles. The van der Waals surface area contributed by atoms with Crippen LogP contribution in [0.2, 0.25) is 0 Å². The number of esters is 1. The number of nitrogens with one attached hydrogen (secondary N) is 2. The second kappa shape index (κ2) is 10.4. The lowest BCUT2D eigenvalue weighted by molar-refractivity contribution is -0.150. The first-order valence-corrected chi connectivity index (χ1v) is 9.70. The molecule has 0 unspecified atom stereocenters. The summed E-state index contributed by atoms with van der Waals surface area (Å²) in [6.07, 6.45) is 0. The lowest BCUT2D eigenvalue weighted by Crippen LogP contribution is -2.45. The molecule has 0 fully saturated rings. The fraction of sp³-hybridized carbons (Fsp3) is 0.348.